The van der Waals surface area contributed by atoms with Gasteiger partial charge in [0.2, 0.25) is 0 Å². The highest BCUT2D eigenvalue weighted by atomic mass is 127. The highest BCUT2D eigenvalue weighted by molar-refractivity contribution is 14.2. The molecule has 0 aromatic heterocycles. The summed E-state index contributed by atoms with van der Waals surface area (Å²) in [7, 11) is 0. The van der Waals surface area contributed by atoms with Crippen LogP contribution in [0.2, 0.25) is 0 Å². The van der Waals surface area contributed by atoms with E-state index in [0.717, 1.165) is 1.59 Å². The van der Waals surface area contributed by atoms with Crippen molar-refractivity contribution in [1.29, 1.82) is 0 Å². The summed E-state index contributed by atoms with van der Waals surface area (Å²) in [6, 6.07) is 0. The molecule has 0 saturated carbocycles. The Morgan fingerprint density at radius 3 is 2.17 bits per heavy atom. The van der Waals surface area contributed by atoms with Crippen LogP contribution in [0.3, 0.4) is 0 Å². The fraction of sp³-hybridized carbons (Fsp3) is 0.333. The van der Waals surface area contributed by atoms with Gasteiger partial charge in [-0.1, -0.05) is 0 Å². The van der Waals surface area contributed by atoms with Gasteiger partial charge in [0, 0.05) is 1.59 Å². The molecule has 0 aliphatic heterocycles. The second-order valence-corrected chi connectivity index (χ2v) is 5.06. The van der Waals surface area contributed by atoms with Crippen LogP contribution in [0.5, 0.6) is 0 Å². The van der Waals surface area contributed by atoms with Crippen molar-refractivity contribution < 1.29 is 5.11 Å². The predicted molar refractivity (Wildman–Crippen MR) is 43.2 cm³/mol. The largest absolute Gasteiger partial charge is 0.392 e. The normalized spacial score (nSPS) is 7.83. The maximum absolute atomic E-state index is 8.15. The molecule has 0 fully saturated rings. The van der Waals surface area contributed by atoms with E-state index in [1.165, 1.54) is 0 Å². The minimum Gasteiger partial charge on any atom is -0.392 e. The lowest BCUT2D eigenvalue weighted by molar-refractivity contribution is 0.343. The van der Waals surface area contributed by atoms with Crippen molar-refractivity contribution in [2.45, 2.75) is 0 Å². The number of hydrogen-bond acceptors (Lipinski definition) is 1. The summed E-state index contributed by atoms with van der Waals surface area (Å²) in [6.45, 7) is 0.154. The molecule has 36 valence electrons. The number of aliphatic hydroxyl groups is 1. The Morgan fingerprint density at radius 1 is 1.67 bits per heavy atom. The third kappa shape index (κ3) is 5.16. The Morgan fingerprint density at radius 2 is 2.17 bits per heavy atom. The zero-order valence-electron chi connectivity index (χ0n) is 2.99. The Kier molecular flexibility index (Phi) is 5.16. The van der Waals surface area contributed by atoms with E-state index in [1.54, 1.807) is 6.08 Å². The van der Waals surface area contributed by atoms with E-state index in [1.807, 2.05) is 0 Å². The monoisotopic (exact) mass is 310 g/mol. The Bertz CT molecular complexity index is 55.8. The van der Waals surface area contributed by atoms with E-state index in [9.17, 15) is 0 Å². The molecule has 3 heteroatoms. The summed E-state index contributed by atoms with van der Waals surface area (Å²) in [4.78, 5) is 0. The molecule has 0 aromatic carbocycles. The number of hydrogen-bond donors (Lipinski definition) is 1. The molecule has 0 heterocycles. The average Bonchev–Trinajstić information content (AvgIpc) is 1.35. The summed E-state index contributed by atoms with van der Waals surface area (Å²) < 4.78 is 1.10. The van der Waals surface area contributed by atoms with Crippen molar-refractivity contribution in [3.05, 3.63) is 7.66 Å². The van der Waals surface area contributed by atoms with E-state index in [0.29, 0.717) is 0 Å². The van der Waals surface area contributed by atoms with Gasteiger partial charge in [-0.15, -0.1) is 0 Å². The first-order valence-electron chi connectivity index (χ1n) is 1.39. The second-order valence-electron chi connectivity index (χ2n) is 0.676. The molecule has 6 heavy (non-hydrogen) atoms. The molecule has 0 radical (unpaired) electrons. The third-order valence-corrected chi connectivity index (χ3v) is 1.13. The Hall–Kier alpha value is 1.16. The van der Waals surface area contributed by atoms with Crippen LogP contribution in [0.25, 0.3) is 0 Å². The van der Waals surface area contributed by atoms with E-state index in [2.05, 4.69) is 45.2 Å². The van der Waals surface area contributed by atoms with Crippen LogP contribution in [0, 0.1) is 0 Å². The van der Waals surface area contributed by atoms with Crippen LogP contribution in [0.4, 0.5) is 0 Å². The topological polar surface area (TPSA) is 20.2 Å². The van der Waals surface area contributed by atoms with E-state index in [-0.39, 0.29) is 6.61 Å². The van der Waals surface area contributed by atoms with Crippen LogP contribution in [0.15, 0.2) is 7.66 Å². The van der Waals surface area contributed by atoms with Crippen LogP contribution in [0.1, 0.15) is 0 Å². The van der Waals surface area contributed by atoms with Crippen LogP contribution >= 0.6 is 45.2 Å². The van der Waals surface area contributed by atoms with E-state index in [4.69, 9.17) is 5.11 Å². The van der Waals surface area contributed by atoms with Crippen molar-refractivity contribution >= 4 is 45.2 Å². The summed E-state index contributed by atoms with van der Waals surface area (Å²) in [6.07, 6.45) is 1.74. The molecule has 1 nitrogen and oxygen atoms in total. The minimum absolute atomic E-state index is 0.154. The first-order valence-corrected chi connectivity index (χ1v) is 3.55. The van der Waals surface area contributed by atoms with Gasteiger partial charge in [-0.25, -0.2) is 0 Å². The highest BCUT2D eigenvalue weighted by Crippen LogP contribution is 2.12. The smallest absolute Gasteiger partial charge is 0.0630 e. The molecule has 0 amide bonds. The molecule has 0 unspecified atom stereocenters. The molecule has 0 aliphatic carbocycles. The molecule has 0 saturated heterocycles. The van der Waals surface area contributed by atoms with Crippen molar-refractivity contribution in [2.75, 3.05) is 6.61 Å². The molecule has 0 spiro atoms. The summed E-state index contributed by atoms with van der Waals surface area (Å²) in [5.74, 6) is 0. The van der Waals surface area contributed by atoms with Gasteiger partial charge in [0.05, 0.1) is 6.61 Å². The van der Waals surface area contributed by atoms with Gasteiger partial charge in [-0.2, -0.15) is 0 Å². The van der Waals surface area contributed by atoms with Crippen molar-refractivity contribution in [3.8, 4) is 0 Å². The first-order chi connectivity index (χ1) is 2.77. The predicted octanol–water partition coefficient (Wildman–Crippen LogP) is 1.69. The van der Waals surface area contributed by atoms with Gasteiger partial charge in [-0.05, 0) is 51.3 Å². The summed E-state index contributed by atoms with van der Waals surface area (Å²) in [5, 5.41) is 8.15. The van der Waals surface area contributed by atoms with Crippen LogP contribution in [-0.2, 0) is 0 Å². The molecule has 0 rings (SSSR count). The zero-order chi connectivity index (χ0) is 4.99. The zero-order valence-corrected chi connectivity index (χ0v) is 7.30. The molecule has 0 aliphatic rings. The molecule has 1 N–H and O–H groups in total. The molecule has 0 aromatic rings. The second kappa shape index (κ2) is 4.32. The Balaban J connectivity index is 3.14. The third-order valence-electron chi connectivity index (χ3n) is 0.246. The number of halogens is 2. The summed E-state index contributed by atoms with van der Waals surface area (Å²) >= 11 is 4.26. The summed E-state index contributed by atoms with van der Waals surface area (Å²) in [5.41, 5.74) is 0. The van der Waals surface area contributed by atoms with Gasteiger partial charge < -0.3 is 5.11 Å². The van der Waals surface area contributed by atoms with Crippen molar-refractivity contribution in [3.63, 3.8) is 0 Å². The van der Waals surface area contributed by atoms with Crippen LogP contribution < -0.4 is 0 Å². The van der Waals surface area contributed by atoms with E-state index < -0.39 is 0 Å². The highest BCUT2D eigenvalue weighted by Gasteiger charge is 1.73. The quantitative estimate of drug-likeness (QED) is 0.731. The first kappa shape index (κ1) is 7.16. The lowest BCUT2D eigenvalue weighted by Gasteiger charge is -1.75. The average molecular weight is 310 g/mol. The fourth-order valence-electron chi connectivity index (χ4n) is 0.0690. The Labute approximate surface area is 64.1 Å². The van der Waals surface area contributed by atoms with Crippen LogP contribution in [-0.4, -0.2) is 11.7 Å². The maximum atomic E-state index is 8.15. The standard InChI is InChI=1S/C3H4I2O/c4-3(5)1-2-6/h1,6H,2H2. The van der Waals surface area contributed by atoms with Gasteiger partial charge in [-0.3, -0.25) is 0 Å². The van der Waals surface area contributed by atoms with Crippen molar-refractivity contribution in [2.24, 2.45) is 0 Å². The van der Waals surface area contributed by atoms with Gasteiger partial charge in [0.15, 0.2) is 0 Å². The van der Waals surface area contributed by atoms with Gasteiger partial charge >= 0.3 is 0 Å². The molecular formula is C3H4I2O. The van der Waals surface area contributed by atoms with E-state index >= 15 is 0 Å². The van der Waals surface area contributed by atoms with Crippen molar-refractivity contribution in [1.82, 2.24) is 0 Å². The number of aliphatic hydroxyl groups excluding tert-OH is 1. The lowest BCUT2D eigenvalue weighted by atomic mass is 10.7. The maximum Gasteiger partial charge on any atom is 0.0630 e. The minimum atomic E-state index is 0.154. The molecular weight excluding hydrogens is 306 g/mol. The lowest BCUT2D eigenvalue weighted by Crippen LogP contribution is -1.67. The fourth-order valence-corrected chi connectivity index (χ4v) is 0.463. The SMILES string of the molecule is OCC=C(I)I. The molecule has 0 atom stereocenters. The van der Waals surface area contributed by atoms with Gasteiger partial charge in [0.25, 0.3) is 0 Å². The van der Waals surface area contributed by atoms with Gasteiger partial charge in [0.1, 0.15) is 0 Å². The molecule has 0 bridgehead atoms. The number of rotatable bonds is 1.